The second-order valence-corrected chi connectivity index (χ2v) is 5.28. The molecular formula is C13H17NO3. The van der Waals surface area contributed by atoms with E-state index in [0.29, 0.717) is 11.7 Å². The summed E-state index contributed by atoms with van der Waals surface area (Å²) in [6.07, 6.45) is 0. The van der Waals surface area contributed by atoms with Gasteiger partial charge in [0, 0.05) is 12.0 Å². The fourth-order valence-corrected chi connectivity index (χ4v) is 2.64. The topological polar surface area (TPSA) is 53.7 Å². The zero-order valence-corrected chi connectivity index (χ0v) is 10.3. The Morgan fingerprint density at radius 1 is 1.35 bits per heavy atom. The van der Waals surface area contributed by atoms with Gasteiger partial charge in [-0.1, -0.05) is 13.8 Å². The molecular weight excluding hydrogens is 218 g/mol. The summed E-state index contributed by atoms with van der Waals surface area (Å²) in [4.78, 5) is 0. The molecule has 0 aromatic heterocycles. The van der Waals surface area contributed by atoms with E-state index in [-0.39, 0.29) is 18.2 Å². The lowest BCUT2D eigenvalue weighted by Gasteiger charge is -2.09. The summed E-state index contributed by atoms with van der Waals surface area (Å²) < 4.78 is 16.1. The number of hydrogen-bond donors (Lipinski definition) is 1. The molecule has 1 aromatic rings. The molecule has 1 aromatic carbocycles. The van der Waals surface area contributed by atoms with Crippen LogP contribution in [0.25, 0.3) is 0 Å². The Bertz CT molecular complexity index is 470. The lowest BCUT2D eigenvalue weighted by Crippen LogP contribution is -2.06. The van der Waals surface area contributed by atoms with E-state index in [2.05, 4.69) is 13.8 Å². The maximum atomic E-state index is 6.10. The van der Waals surface area contributed by atoms with E-state index < -0.39 is 0 Å². The van der Waals surface area contributed by atoms with Crippen LogP contribution in [0.2, 0.25) is 0 Å². The highest BCUT2D eigenvalue weighted by molar-refractivity contribution is 5.57. The molecule has 4 nitrogen and oxygen atoms in total. The molecule has 1 aliphatic carbocycles. The molecule has 0 saturated heterocycles. The molecule has 2 atom stereocenters. The van der Waals surface area contributed by atoms with E-state index in [1.807, 2.05) is 12.1 Å². The maximum Gasteiger partial charge on any atom is 0.231 e. The monoisotopic (exact) mass is 235 g/mol. The molecule has 17 heavy (non-hydrogen) atoms. The lowest BCUT2D eigenvalue weighted by atomic mass is 10.0. The van der Waals surface area contributed by atoms with Crippen LogP contribution < -0.4 is 19.9 Å². The number of rotatable bonds is 2. The Kier molecular flexibility index (Phi) is 2.08. The van der Waals surface area contributed by atoms with E-state index >= 15 is 0 Å². The van der Waals surface area contributed by atoms with Crippen molar-refractivity contribution in [3.63, 3.8) is 0 Å². The normalized spacial score (nSPS) is 28.0. The van der Waals surface area contributed by atoms with Gasteiger partial charge in [0.2, 0.25) is 12.5 Å². The van der Waals surface area contributed by atoms with Gasteiger partial charge in [0.05, 0.1) is 7.11 Å². The van der Waals surface area contributed by atoms with Crippen LogP contribution in [0.5, 0.6) is 17.2 Å². The molecule has 2 unspecified atom stereocenters. The molecule has 0 bridgehead atoms. The molecule has 1 aliphatic heterocycles. The molecule has 1 heterocycles. The Morgan fingerprint density at radius 3 is 2.65 bits per heavy atom. The first-order valence-corrected chi connectivity index (χ1v) is 5.79. The highest BCUT2D eigenvalue weighted by Gasteiger charge is 2.56. The minimum absolute atomic E-state index is 0.151. The van der Waals surface area contributed by atoms with Gasteiger partial charge in [0.1, 0.15) is 0 Å². The average molecular weight is 235 g/mol. The van der Waals surface area contributed by atoms with Crippen molar-refractivity contribution in [2.45, 2.75) is 25.8 Å². The van der Waals surface area contributed by atoms with Crippen LogP contribution in [0.3, 0.4) is 0 Å². The minimum atomic E-state index is 0.151. The highest BCUT2D eigenvalue weighted by atomic mass is 16.7. The Balaban J connectivity index is 2.03. The van der Waals surface area contributed by atoms with Gasteiger partial charge >= 0.3 is 0 Å². The third-order valence-electron chi connectivity index (χ3n) is 3.95. The third-order valence-corrected chi connectivity index (χ3v) is 3.95. The highest BCUT2D eigenvalue weighted by Crippen LogP contribution is 2.59. The predicted octanol–water partition coefficient (Wildman–Crippen LogP) is 1.87. The summed E-state index contributed by atoms with van der Waals surface area (Å²) in [5.41, 5.74) is 7.42. The number of nitrogens with two attached hydrogens (primary N) is 1. The SMILES string of the molecule is COc1cc(C2C(N)C2(C)C)cc2c1OCO2. The summed E-state index contributed by atoms with van der Waals surface area (Å²) in [5, 5.41) is 0. The minimum Gasteiger partial charge on any atom is -0.493 e. The van der Waals surface area contributed by atoms with E-state index in [9.17, 15) is 0 Å². The fourth-order valence-electron chi connectivity index (χ4n) is 2.64. The van der Waals surface area contributed by atoms with Gasteiger partial charge in [-0.2, -0.15) is 0 Å². The maximum absolute atomic E-state index is 6.10. The van der Waals surface area contributed by atoms with Crippen LogP contribution in [0.15, 0.2) is 12.1 Å². The molecule has 1 saturated carbocycles. The van der Waals surface area contributed by atoms with Crippen molar-refractivity contribution in [2.24, 2.45) is 11.1 Å². The summed E-state index contributed by atoms with van der Waals surface area (Å²) in [7, 11) is 1.64. The van der Waals surface area contributed by atoms with Gasteiger partial charge in [-0.05, 0) is 23.1 Å². The van der Waals surface area contributed by atoms with Crippen LogP contribution in [0.1, 0.15) is 25.3 Å². The van der Waals surface area contributed by atoms with Gasteiger partial charge in [0.15, 0.2) is 11.5 Å². The lowest BCUT2D eigenvalue weighted by molar-refractivity contribution is 0.171. The van der Waals surface area contributed by atoms with E-state index in [4.69, 9.17) is 19.9 Å². The second-order valence-electron chi connectivity index (χ2n) is 5.28. The zero-order valence-electron chi connectivity index (χ0n) is 10.3. The number of hydrogen-bond acceptors (Lipinski definition) is 4. The molecule has 0 spiro atoms. The summed E-state index contributed by atoms with van der Waals surface area (Å²) >= 11 is 0. The Labute approximate surface area is 101 Å². The standard InChI is InChI=1S/C13H17NO3/c1-13(2)10(12(13)14)7-4-8(15-3)11-9(5-7)16-6-17-11/h4-5,10,12H,6,14H2,1-3H3. The average Bonchev–Trinajstić information content (AvgIpc) is 2.70. The molecule has 0 amide bonds. The van der Waals surface area contributed by atoms with Crippen molar-refractivity contribution in [1.82, 2.24) is 0 Å². The molecule has 92 valence electrons. The van der Waals surface area contributed by atoms with E-state index in [1.54, 1.807) is 7.11 Å². The van der Waals surface area contributed by atoms with Crippen molar-refractivity contribution in [1.29, 1.82) is 0 Å². The Morgan fingerprint density at radius 2 is 2.06 bits per heavy atom. The smallest absolute Gasteiger partial charge is 0.231 e. The molecule has 3 rings (SSSR count). The number of ether oxygens (including phenoxy) is 3. The van der Waals surface area contributed by atoms with Gasteiger partial charge < -0.3 is 19.9 Å². The van der Waals surface area contributed by atoms with Gasteiger partial charge in [-0.3, -0.25) is 0 Å². The third kappa shape index (κ3) is 1.40. The second kappa shape index (κ2) is 3.29. The first kappa shape index (κ1) is 10.7. The van der Waals surface area contributed by atoms with Crippen LogP contribution in [0.4, 0.5) is 0 Å². The van der Waals surface area contributed by atoms with Gasteiger partial charge in [0.25, 0.3) is 0 Å². The molecule has 2 aliphatic rings. The first-order chi connectivity index (χ1) is 8.05. The van der Waals surface area contributed by atoms with Crippen LogP contribution >= 0.6 is 0 Å². The quantitative estimate of drug-likeness (QED) is 0.850. The predicted molar refractivity (Wildman–Crippen MR) is 63.6 cm³/mol. The van der Waals surface area contributed by atoms with Crippen molar-refractivity contribution < 1.29 is 14.2 Å². The van der Waals surface area contributed by atoms with E-state index in [0.717, 1.165) is 11.5 Å². The zero-order chi connectivity index (χ0) is 12.2. The molecule has 0 radical (unpaired) electrons. The summed E-state index contributed by atoms with van der Waals surface area (Å²) in [5.74, 6) is 2.55. The summed E-state index contributed by atoms with van der Waals surface area (Å²) in [6, 6.07) is 4.23. The number of methoxy groups -OCH3 is 1. The molecule has 2 N–H and O–H groups in total. The van der Waals surface area contributed by atoms with E-state index in [1.165, 1.54) is 5.56 Å². The number of benzene rings is 1. The van der Waals surface area contributed by atoms with Crippen molar-refractivity contribution in [3.8, 4) is 17.2 Å². The fraction of sp³-hybridized carbons (Fsp3) is 0.538. The van der Waals surface area contributed by atoms with Crippen molar-refractivity contribution >= 4 is 0 Å². The van der Waals surface area contributed by atoms with Crippen molar-refractivity contribution in [2.75, 3.05) is 13.9 Å². The van der Waals surface area contributed by atoms with Crippen molar-refractivity contribution in [3.05, 3.63) is 17.7 Å². The van der Waals surface area contributed by atoms with Crippen LogP contribution in [0, 0.1) is 5.41 Å². The summed E-state index contributed by atoms with van der Waals surface area (Å²) in [6.45, 7) is 4.62. The number of fused-ring (bicyclic) bond motifs is 1. The van der Waals surface area contributed by atoms with Crippen LogP contribution in [-0.4, -0.2) is 19.9 Å². The van der Waals surface area contributed by atoms with Gasteiger partial charge in [-0.15, -0.1) is 0 Å². The van der Waals surface area contributed by atoms with Gasteiger partial charge in [-0.25, -0.2) is 0 Å². The Hall–Kier alpha value is -1.42. The molecule has 1 fully saturated rings. The largest absolute Gasteiger partial charge is 0.493 e. The van der Waals surface area contributed by atoms with Crippen LogP contribution in [-0.2, 0) is 0 Å². The molecule has 4 heteroatoms. The first-order valence-electron chi connectivity index (χ1n) is 5.79.